The summed E-state index contributed by atoms with van der Waals surface area (Å²) in [6.07, 6.45) is 0. The van der Waals surface area contributed by atoms with E-state index < -0.39 is 6.61 Å². The van der Waals surface area contributed by atoms with Gasteiger partial charge in [-0.05, 0) is 31.7 Å². The molecule has 1 unspecified atom stereocenters. The molecular formula is C12H18F2N2O. The summed E-state index contributed by atoms with van der Waals surface area (Å²) in [6.45, 7) is 0.893. The van der Waals surface area contributed by atoms with E-state index in [2.05, 4.69) is 22.3 Å². The van der Waals surface area contributed by atoms with Crippen molar-refractivity contribution in [3.63, 3.8) is 0 Å². The number of alkyl halides is 2. The van der Waals surface area contributed by atoms with E-state index in [9.17, 15) is 8.78 Å². The predicted molar refractivity (Wildman–Crippen MR) is 63.3 cm³/mol. The van der Waals surface area contributed by atoms with Crippen LogP contribution in [0.1, 0.15) is 12.5 Å². The van der Waals surface area contributed by atoms with Crippen LogP contribution < -0.4 is 15.4 Å². The number of ether oxygens (including phenoxy) is 1. The number of nitrogens with one attached hydrogen (secondary N) is 2. The lowest BCUT2D eigenvalue weighted by Crippen LogP contribution is -2.34. The van der Waals surface area contributed by atoms with Gasteiger partial charge in [0, 0.05) is 19.1 Å². The fourth-order valence-electron chi connectivity index (χ4n) is 1.46. The van der Waals surface area contributed by atoms with Gasteiger partial charge in [-0.3, -0.25) is 0 Å². The zero-order valence-corrected chi connectivity index (χ0v) is 10.0. The number of rotatable bonds is 7. The standard InChI is InChI=1S/C12H18F2N2O/c1-9(7-15-2)16-8-10-3-5-11(6-4-10)17-12(13)14/h3-6,9,12,15-16H,7-8H2,1-2H3. The summed E-state index contributed by atoms with van der Waals surface area (Å²) in [6, 6.07) is 7.00. The molecule has 0 amide bonds. The van der Waals surface area contributed by atoms with Crippen LogP contribution in [0.2, 0.25) is 0 Å². The minimum Gasteiger partial charge on any atom is -0.435 e. The summed E-state index contributed by atoms with van der Waals surface area (Å²) in [5.74, 6) is 0.187. The quantitative estimate of drug-likeness (QED) is 0.769. The molecule has 0 aliphatic rings. The van der Waals surface area contributed by atoms with E-state index in [4.69, 9.17) is 0 Å². The molecule has 0 bridgehead atoms. The highest BCUT2D eigenvalue weighted by molar-refractivity contribution is 5.27. The lowest BCUT2D eigenvalue weighted by molar-refractivity contribution is -0.0498. The Hall–Kier alpha value is -1.20. The maximum Gasteiger partial charge on any atom is 0.387 e. The van der Waals surface area contributed by atoms with E-state index in [0.29, 0.717) is 12.6 Å². The van der Waals surface area contributed by atoms with Crippen LogP contribution in [0, 0.1) is 0 Å². The molecule has 0 aliphatic carbocycles. The summed E-state index contributed by atoms with van der Waals surface area (Å²) >= 11 is 0. The van der Waals surface area contributed by atoms with Crippen molar-refractivity contribution in [3.8, 4) is 5.75 Å². The van der Waals surface area contributed by atoms with Crippen LogP contribution in [0.3, 0.4) is 0 Å². The smallest absolute Gasteiger partial charge is 0.387 e. The van der Waals surface area contributed by atoms with Crippen molar-refractivity contribution in [3.05, 3.63) is 29.8 Å². The fraction of sp³-hybridized carbons (Fsp3) is 0.500. The highest BCUT2D eigenvalue weighted by Gasteiger charge is 2.04. The van der Waals surface area contributed by atoms with E-state index in [1.165, 1.54) is 0 Å². The maximum absolute atomic E-state index is 11.9. The van der Waals surface area contributed by atoms with Gasteiger partial charge in [0.1, 0.15) is 5.75 Å². The predicted octanol–water partition coefficient (Wildman–Crippen LogP) is 1.99. The number of likely N-dealkylation sites (N-methyl/N-ethyl adjacent to an activating group) is 1. The lowest BCUT2D eigenvalue weighted by Gasteiger charge is -2.13. The van der Waals surface area contributed by atoms with Crippen LogP contribution in [-0.4, -0.2) is 26.2 Å². The molecule has 0 radical (unpaired) electrons. The van der Waals surface area contributed by atoms with Crippen LogP contribution in [0.5, 0.6) is 5.75 Å². The van der Waals surface area contributed by atoms with Gasteiger partial charge in [0.2, 0.25) is 0 Å². The molecule has 5 heteroatoms. The highest BCUT2D eigenvalue weighted by Crippen LogP contribution is 2.14. The van der Waals surface area contributed by atoms with Crippen LogP contribution in [0.25, 0.3) is 0 Å². The Labute approximate surface area is 100 Å². The molecule has 0 heterocycles. The maximum atomic E-state index is 11.9. The van der Waals surface area contributed by atoms with E-state index in [0.717, 1.165) is 12.1 Å². The van der Waals surface area contributed by atoms with Crippen molar-refractivity contribution in [2.75, 3.05) is 13.6 Å². The molecule has 0 spiro atoms. The Morgan fingerprint density at radius 3 is 2.41 bits per heavy atom. The topological polar surface area (TPSA) is 33.3 Å². The molecule has 2 N–H and O–H groups in total. The van der Waals surface area contributed by atoms with Crippen LogP contribution >= 0.6 is 0 Å². The number of hydrogen-bond acceptors (Lipinski definition) is 3. The van der Waals surface area contributed by atoms with E-state index in [-0.39, 0.29) is 5.75 Å². The van der Waals surface area contributed by atoms with Crippen LogP contribution in [0.15, 0.2) is 24.3 Å². The third-order valence-corrected chi connectivity index (χ3v) is 2.31. The zero-order chi connectivity index (χ0) is 12.7. The molecule has 96 valence electrons. The van der Waals surface area contributed by atoms with Crippen LogP contribution in [-0.2, 0) is 6.54 Å². The Morgan fingerprint density at radius 1 is 1.24 bits per heavy atom. The molecule has 0 saturated carbocycles. The third kappa shape index (κ3) is 5.60. The molecule has 1 rings (SSSR count). The van der Waals surface area contributed by atoms with Crippen molar-refractivity contribution >= 4 is 0 Å². The molecule has 0 aliphatic heterocycles. The van der Waals surface area contributed by atoms with Crippen LogP contribution in [0.4, 0.5) is 8.78 Å². The van der Waals surface area contributed by atoms with Gasteiger partial charge in [-0.25, -0.2) is 0 Å². The molecule has 1 aromatic rings. The molecule has 0 fully saturated rings. The Balaban J connectivity index is 2.40. The number of halogens is 2. The van der Waals surface area contributed by atoms with Crippen molar-refractivity contribution in [1.82, 2.24) is 10.6 Å². The zero-order valence-electron chi connectivity index (χ0n) is 10.0. The third-order valence-electron chi connectivity index (χ3n) is 2.31. The minimum atomic E-state index is -2.77. The number of benzene rings is 1. The van der Waals surface area contributed by atoms with E-state index in [1.807, 2.05) is 7.05 Å². The second-order valence-electron chi connectivity index (χ2n) is 3.86. The molecule has 1 atom stereocenters. The van der Waals surface area contributed by atoms with Crippen molar-refractivity contribution < 1.29 is 13.5 Å². The Kier molecular flexibility index (Phi) is 5.86. The molecule has 0 aromatic heterocycles. The largest absolute Gasteiger partial charge is 0.435 e. The molecule has 17 heavy (non-hydrogen) atoms. The summed E-state index contributed by atoms with van der Waals surface area (Å²) in [7, 11) is 1.90. The van der Waals surface area contributed by atoms with Crippen molar-refractivity contribution in [1.29, 1.82) is 0 Å². The molecule has 3 nitrogen and oxygen atoms in total. The average Bonchev–Trinajstić information content (AvgIpc) is 2.28. The molecule has 0 saturated heterocycles. The summed E-state index contributed by atoms with van der Waals surface area (Å²) in [4.78, 5) is 0. The van der Waals surface area contributed by atoms with Gasteiger partial charge >= 0.3 is 6.61 Å². The van der Waals surface area contributed by atoms with Gasteiger partial charge < -0.3 is 15.4 Å². The Morgan fingerprint density at radius 2 is 1.88 bits per heavy atom. The lowest BCUT2D eigenvalue weighted by atomic mass is 10.2. The first-order valence-corrected chi connectivity index (χ1v) is 5.53. The van der Waals surface area contributed by atoms with Gasteiger partial charge in [-0.15, -0.1) is 0 Å². The van der Waals surface area contributed by atoms with Gasteiger partial charge in [-0.2, -0.15) is 8.78 Å². The second-order valence-corrected chi connectivity index (χ2v) is 3.86. The van der Waals surface area contributed by atoms with E-state index in [1.54, 1.807) is 24.3 Å². The fourth-order valence-corrected chi connectivity index (χ4v) is 1.46. The minimum absolute atomic E-state index is 0.187. The van der Waals surface area contributed by atoms with E-state index >= 15 is 0 Å². The van der Waals surface area contributed by atoms with Gasteiger partial charge in [0.15, 0.2) is 0 Å². The second kappa shape index (κ2) is 7.19. The highest BCUT2D eigenvalue weighted by atomic mass is 19.3. The van der Waals surface area contributed by atoms with Gasteiger partial charge in [-0.1, -0.05) is 12.1 Å². The van der Waals surface area contributed by atoms with Gasteiger partial charge in [0.25, 0.3) is 0 Å². The Bertz CT molecular complexity index is 317. The van der Waals surface area contributed by atoms with Gasteiger partial charge in [0.05, 0.1) is 0 Å². The summed E-state index contributed by atoms with van der Waals surface area (Å²) in [5.41, 5.74) is 1.04. The van der Waals surface area contributed by atoms with Crippen molar-refractivity contribution in [2.45, 2.75) is 26.1 Å². The average molecular weight is 244 g/mol. The SMILES string of the molecule is CNCC(C)NCc1ccc(OC(F)F)cc1. The molecular weight excluding hydrogens is 226 g/mol. The normalized spacial score (nSPS) is 12.8. The monoisotopic (exact) mass is 244 g/mol. The first kappa shape index (κ1) is 13.9. The number of hydrogen-bond donors (Lipinski definition) is 2. The molecule has 1 aromatic carbocycles. The summed E-state index contributed by atoms with van der Waals surface area (Å²) < 4.78 is 28.1. The van der Waals surface area contributed by atoms with Crippen molar-refractivity contribution in [2.24, 2.45) is 0 Å². The first-order valence-electron chi connectivity index (χ1n) is 5.53. The summed E-state index contributed by atoms with van der Waals surface area (Å²) in [5, 5.41) is 6.38. The first-order chi connectivity index (χ1) is 8.11.